The first-order valence-electron chi connectivity index (χ1n) is 4.25. The fourth-order valence-corrected chi connectivity index (χ4v) is 0.875. The van der Waals surface area contributed by atoms with Gasteiger partial charge in [-0.2, -0.15) is 0 Å². The molecule has 0 fully saturated rings. The summed E-state index contributed by atoms with van der Waals surface area (Å²) >= 11 is 0. The molecule has 0 bridgehead atoms. The minimum absolute atomic E-state index is 0.101. The Labute approximate surface area is 83.5 Å². The van der Waals surface area contributed by atoms with Crippen molar-refractivity contribution in [2.75, 3.05) is 13.6 Å². The molecule has 78 valence electrons. The van der Waals surface area contributed by atoms with Crippen LogP contribution in [0, 0.1) is 0 Å². The van der Waals surface area contributed by atoms with Gasteiger partial charge < -0.3 is 10.0 Å². The predicted octanol–water partition coefficient (Wildman–Crippen LogP) is 1.05. The third kappa shape index (κ3) is 4.45. The average molecular weight is 197 g/mol. The van der Waals surface area contributed by atoms with Crippen molar-refractivity contribution >= 4 is 11.9 Å². The SMILES string of the molecule is C=C(CC(=O)O)C(=O)N(C)C/C=C/C. The standard InChI is InChI=1S/C10H15NO3/c1-4-5-6-11(3)10(14)8(2)7-9(12)13/h4-5H,2,6-7H2,1,3H3,(H,12,13)/b5-4+. The molecular formula is C10H15NO3. The molecule has 0 saturated heterocycles. The second kappa shape index (κ2) is 5.96. The van der Waals surface area contributed by atoms with Crippen LogP contribution in [0.5, 0.6) is 0 Å². The number of carbonyl (C=O) groups is 2. The summed E-state index contributed by atoms with van der Waals surface area (Å²) in [7, 11) is 1.61. The highest BCUT2D eigenvalue weighted by Crippen LogP contribution is 2.02. The molecule has 0 spiro atoms. The van der Waals surface area contributed by atoms with Crippen LogP contribution in [-0.2, 0) is 9.59 Å². The van der Waals surface area contributed by atoms with Crippen molar-refractivity contribution in [3.05, 3.63) is 24.3 Å². The lowest BCUT2D eigenvalue weighted by molar-refractivity contribution is -0.137. The third-order valence-corrected chi connectivity index (χ3v) is 1.63. The highest BCUT2D eigenvalue weighted by Gasteiger charge is 2.13. The van der Waals surface area contributed by atoms with E-state index < -0.39 is 5.97 Å². The van der Waals surface area contributed by atoms with Crippen LogP contribution in [0.25, 0.3) is 0 Å². The molecule has 0 aliphatic carbocycles. The molecular weight excluding hydrogens is 182 g/mol. The van der Waals surface area contributed by atoms with Crippen LogP contribution in [0.3, 0.4) is 0 Å². The van der Waals surface area contributed by atoms with Crippen LogP contribution in [0.4, 0.5) is 0 Å². The zero-order valence-electron chi connectivity index (χ0n) is 8.49. The molecule has 0 radical (unpaired) electrons. The molecule has 0 saturated carbocycles. The maximum absolute atomic E-state index is 11.4. The summed E-state index contributed by atoms with van der Waals surface area (Å²) in [6, 6.07) is 0. The van der Waals surface area contributed by atoms with E-state index in [1.165, 1.54) is 4.90 Å². The molecule has 0 unspecified atom stereocenters. The summed E-state index contributed by atoms with van der Waals surface area (Å²) in [4.78, 5) is 23.1. The quantitative estimate of drug-likeness (QED) is 0.529. The number of amides is 1. The van der Waals surface area contributed by atoms with Gasteiger partial charge in [0.05, 0.1) is 6.42 Å². The van der Waals surface area contributed by atoms with Crippen LogP contribution < -0.4 is 0 Å². The molecule has 0 rings (SSSR count). The lowest BCUT2D eigenvalue weighted by atomic mass is 10.2. The van der Waals surface area contributed by atoms with Gasteiger partial charge in [0, 0.05) is 19.2 Å². The van der Waals surface area contributed by atoms with Crippen LogP contribution in [0.1, 0.15) is 13.3 Å². The van der Waals surface area contributed by atoms with Crippen molar-refractivity contribution in [1.29, 1.82) is 0 Å². The summed E-state index contributed by atoms with van der Waals surface area (Å²) in [6.45, 7) is 5.75. The highest BCUT2D eigenvalue weighted by atomic mass is 16.4. The van der Waals surface area contributed by atoms with Crippen molar-refractivity contribution in [3.63, 3.8) is 0 Å². The Bertz CT molecular complexity index is 269. The Kier molecular flexibility index (Phi) is 5.29. The minimum atomic E-state index is -1.04. The first-order chi connectivity index (χ1) is 6.49. The predicted molar refractivity (Wildman–Crippen MR) is 53.8 cm³/mol. The first-order valence-corrected chi connectivity index (χ1v) is 4.25. The molecule has 4 nitrogen and oxygen atoms in total. The second-order valence-corrected chi connectivity index (χ2v) is 2.93. The summed E-state index contributed by atoms with van der Waals surface area (Å²) in [6.07, 6.45) is 3.33. The fourth-order valence-electron chi connectivity index (χ4n) is 0.875. The summed E-state index contributed by atoms with van der Waals surface area (Å²) in [5.41, 5.74) is 0.101. The smallest absolute Gasteiger partial charge is 0.308 e. The van der Waals surface area contributed by atoms with Gasteiger partial charge in [-0.3, -0.25) is 9.59 Å². The van der Waals surface area contributed by atoms with E-state index >= 15 is 0 Å². The van der Waals surface area contributed by atoms with E-state index in [-0.39, 0.29) is 17.9 Å². The van der Waals surface area contributed by atoms with Gasteiger partial charge in [-0.25, -0.2) is 0 Å². The number of nitrogens with zero attached hydrogens (tertiary/aromatic N) is 1. The number of rotatable bonds is 5. The lowest BCUT2D eigenvalue weighted by Gasteiger charge is -2.15. The topological polar surface area (TPSA) is 57.6 Å². The zero-order chi connectivity index (χ0) is 11.1. The van der Waals surface area contributed by atoms with E-state index in [4.69, 9.17) is 5.11 Å². The highest BCUT2D eigenvalue weighted by molar-refractivity contribution is 5.96. The summed E-state index contributed by atoms with van der Waals surface area (Å²) in [5, 5.41) is 8.45. The van der Waals surface area contributed by atoms with Crippen LogP contribution in [0.15, 0.2) is 24.3 Å². The molecule has 0 aliphatic rings. The maximum atomic E-state index is 11.4. The fraction of sp³-hybridized carbons (Fsp3) is 0.400. The summed E-state index contributed by atoms with van der Waals surface area (Å²) in [5.74, 6) is -1.37. The van der Waals surface area contributed by atoms with Gasteiger partial charge in [-0.1, -0.05) is 18.7 Å². The van der Waals surface area contributed by atoms with Gasteiger partial charge in [-0.15, -0.1) is 0 Å². The summed E-state index contributed by atoms with van der Waals surface area (Å²) < 4.78 is 0. The van der Waals surface area contributed by atoms with Crippen LogP contribution >= 0.6 is 0 Å². The van der Waals surface area contributed by atoms with Gasteiger partial charge in [0.15, 0.2) is 0 Å². The number of carbonyl (C=O) groups excluding carboxylic acids is 1. The van der Waals surface area contributed by atoms with Crippen molar-refractivity contribution < 1.29 is 14.7 Å². The number of allylic oxidation sites excluding steroid dienone is 1. The molecule has 0 atom stereocenters. The van der Waals surface area contributed by atoms with Gasteiger partial charge >= 0.3 is 5.97 Å². The number of hydrogen-bond acceptors (Lipinski definition) is 2. The Morgan fingerprint density at radius 1 is 1.50 bits per heavy atom. The molecule has 1 amide bonds. The molecule has 0 aromatic rings. The number of carboxylic acid groups (broad SMARTS) is 1. The van der Waals surface area contributed by atoms with E-state index in [0.29, 0.717) is 6.54 Å². The monoisotopic (exact) mass is 197 g/mol. The van der Waals surface area contributed by atoms with E-state index in [9.17, 15) is 9.59 Å². The Balaban J connectivity index is 4.17. The molecule has 4 heteroatoms. The van der Waals surface area contributed by atoms with Gasteiger partial charge in [0.25, 0.3) is 0 Å². The maximum Gasteiger partial charge on any atom is 0.308 e. The van der Waals surface area contributed by atoms with Crippen molar-refractivity contribution in [2.24, 2.45) is 0 Å². The zero-order valence-corrected chi connectivity index (χ0v) is 8.49. The van der Waals surface area contributed by atoms with Gasteiger partial charge in [-0.05, 0) is 6.92 Å². The Hall–Kier alpha value is -1.58. The minimum Gasteiger partial charge on any atom is -0.481 e. The Morgan fingerprint density at radius 2 is 2.07 bits per heavy atom. The van der Waals surface area contributed by atoms with Crippen molar-refractivity contribution in [2.45, 2.75) is 13.3 Å². The average Bonchev–Trinajstić information content (AvgIpc) is 2.11. The lowest BCUT2D eigenvalue weighted by Crippen LogP contribution is -2.28. The molecule has 14 heavy (non-hydrogen) atoms. The van der Waals surface area contributed by atoms with Crippen LogP contribution in [0.2, 0.25) is 0 Å². The van der Waals surface area contributed by atoms with Gasteiger partial charge in [0.1, 0.15) is 0 Å². The Morgan fingerprint density at radius 3 is 2.50 bits per heavy atom. The van der Waals surface area contributed by atoms with E-state index in [0.717, 1.165) is 0 Å². The van der Waals surface area contributed by atoms with E-state index in [1.807, 2.05) is 19.1 Å². The number of hydrogen-bond donors (Lipinski definition) is 1. The molecule has 0 aromatic carbocycles. The second-order valence-electron chi connectivity index (χ2n) is 2.93. The van der Waals surface area contributed by atoms with Crippen molar-refractivity contribution in [1.82, 2.24) is 4.90 Å². The molecule has 0 heterocycles. The van der Waals surface area contributed by atoms with E-state index in [2.05, 4.69) is 6.58 Å². The van der Waals surface area contributed by atoms with Gasteiger partial charge in [0.2, 0.25) is 5.91 Å². The van der Waals surface area contributed by atoms with Crippen molar-refractivity contribution in [3.8, 4) is 0 Å². The molecule has 0 aromatic heterocycles. The number of carboxylic acids is 1. The van der Waals surface area contributed by atoms with E-state index in [1.54, 1.807) is 7.05 Å². The number of likely N-dealkylation sites (N-methyl/N-ethyl adjacent to an activating group) is 1. The molecule has 1 N–H and O–H groups in total. The largest absolute Gasteiger partial charge is 0.481 e. The normalized spacial score (nSPS) is 10.1. The number of aliphatic carboxylic acids is 1. The van der Waals surface area contributed by atoms with Crippen LogP contribution in [-0.4, -0.2) is 35.5 Å². The molecule has 0 aliphatic heterocycles. The third-order valence-electron chi connectivity index (χ3n) is 1.63. The first kappa shape index (κ1) is 12.4.